The standard InChI is InChI=1S/C37H33N3O4/c38-23-28-11-13-30(14-12-28)31-15-17-32(18-16-31)33-19-20-40(24-33)35(22-36(42)43)37(44-26-29-9-5-2-6-10-29)39-34(25-41)21-27-7-3-1-4-8-27/h1-20,24,34-35,41H,21-22,25-26H2,(H,42,43)/t34-,35+/m0/s1. The zero-order valence-corrected chi connectivity index (χ0v) is 24.2. The predicted molar refractivity (Wildman–Crippen MR) is 171 cm³/mol. The maximum absolute atomic E-state index is 12.1. The van der Waals surface area contributed by atoms with Gasteiger partial charge in [0.1, 0.15) is 12.6 Å². The van der Waals surface area contributed by atoms with Crippen LogP contribution in [0.15, 0.2) is 133 Å². The van der Waals surface area contributed by atoms with E-state index in [1.807, 2.05) is 120 Å². The van der Waals surface area contributed by atoms with Crippen molar-refractivity contribution in [2.75, 3.05) is 6.61 Å². The summed E-state index contributed by atoms with van der Waals surface area (Å²) in [5.41, 5.74) is 6.48. The smallest absolute Gasteiger partial charge is 0.305 e. The van der Waals surface area contributed by atoms with E-state index in [2.05, 4.69) is 6.07 Å². The highest BCUT2D eigenvalue weighted by Crippen LogP contribution is 2.28. The largest absolute Gasteiger partial charge is 0.481 e. The lowest BCUT2D eigenvalue weighted by atomic mass is 10.0. The van der Waals surface area contributed by atoms with Crippen LogP contribution in [0, 0.1) is 11.3 Å². The molecule has 0 saturated carbocycles. The summed E-state index contributed by atoms with van der Waals surface area (Å²) in [7, 11) is 0. The molecular formula is C37H33N3O4. The van der Waals surface area contributed by atoms with E-state index in [0.717, 1.165) is 33.4 Å². The molecule has 0 unspecified atom stereocenters. The van der Waals surface area contributed by atoms with Gasteiger partial charge in [0.05, 0.1) is 30.7 Å². The summed E-state index contributed by atoms with van der Waals surface area (Å²) in [6.45, 7) is -0.000386. The quantitative estimate of drug-likeness (QED) is 0.122. The Morgan fingerprint density at radius 1 is 0.795 bits per heavy atom. The molecule has 1 aromatic heterocycles. The molecule has 0 aliphatic rings. The SMILES string of the molecule is N#Cc1ccc(-c2ccc(-c3ccn([C@H](CC(=O)O)C(=N[C@H](CO)Cc4ccccc4)OCc4ccccc4)c3)cc2)cc1. The molecular weight excluding hydrogens is 550 g/mol. The Morgan fingerprint density at radius 2 is 1.36 bits per heavy atom. The lowest BCUT2D eigenvalue weighted by molar-refractivity contribution is -0.137. The van der Waals surface area contributed by atoms with E-state index in [1.54, 1.807) is 12.1 Å². The molecule has 0 radical (unpaired) electrons. The maximum atomic E-state index is 12.1. The number of benzene rings is 4. The van der Waals surface area contributed by atoms with Crippen LogP contribution in [-0.4, -0.2) is 39.3 Å². The Hall–Kier alpha value is -5.45. The number of hydrogen-bond donors (Lipinski definition) is 2. The van der Waals surface area contributed by atoms with Crippen LogP contribution in [0.2, 0.25) is 0 Å². The third-order valence-electron chi connectivity index (χ3n) is 7.36. The number of aromatic nitrogens is 1. The summed E-state index contributed by atoms with van der Waals surface area (Å²) in [5.74, 6) is -0.735. The zero-order chi connectivity index (χ0) is 30.7. The molecule has 0 aliphatic heterocycles. The number of rotatable bonds is 12. The van der Waals surface area contributed by atoms with E-state index in [-0.39, 0.29) is 25.5 Å². The van der Waals surface area contributed by atoms with Crippen molar-refractivity contribution >= 4 is 11.9 Å². The Morgan fingerprint density at radius 3 is 1.93 bits per heavy atom. The summed E-state index contributed by atoms with van der Waals surface area (Å²) in [4.78, 5) is 16.9. The van der Waals surface area contributed by atoms with Gasteiger partial charge in [-0.3, -0.25) is 4.79 Å². The highest BCUT2D eigenvalue weighted by molar-refractivity contribution is 5.85. The first-order valence-electron chi connectivity index (χ1n) is 14.4. The molecule has 0 aliphatic carbocycles. The third-order valence-corrected chi connectivity index (χ3v) is 7.36. The van der Waals surface area contributed by atoms with Gasteiger partial charge in [0.2, 0.25) is 5.90 Å². The van der Waals surface area contributed by atoms with E-state index < -0.39 is 18.1 Å². The minimum absolute atomic E-state index is 0.213. The Bertz CT molecular complexity index is 1720. The van der Waals surface area contributed by atoms with Gasteiger partial charge < -0.3 is 19.5 Å². The average molecular weight is 584 g/mol. The van der Waals surface area contributed by atoms with Crippen LogP contribution in [-0.2, 0) is 22.6 Å². The number of aliphatic imine (C=N–C) groups is 1. The van der Waals surface area contributed by atoms with Crippen molar-refractivity contribution in [3.05, 3.63) is 144 Å². The van der Waals surface area contributed by atoms with Crippen LogP contribution < -0.4 is 0 Å². The monoisotopic (exact) mass is 583 g/mol. The number of hydrogen-bond acceptors (Lipinski definition) is 5. The van der Waals surface area contributed by atoms with Crippen molar-refractivity contribution in [3.63, 3.8) is 0 Å². The summed E-state index contributed by atoms with van der Waals surface area (Å²) in [6.07, 6.45) is 3.97. The topological polar surface area (TPSA) is 108 Å². The predicted octanol–water partition coefficient (Wildman–Crippen LogP) is 6.93. The second-order valence-corrected chi connectivity index (χ2v) is 10.5. The number of ether oxygens (including phenoxy) is 1. The van der Waals surface area contributed by atoms with Gasteiger partial charge in [0.25, 0.3) is 0 Å². The summed E-state index contributed by atoms with van der Waals surface area (Å²) >= 11 is 0. The number of nitrogens with zero attached hydrogens (tertiary/aromatic N) is 3. The van der Waals surface area contributed by atoms with Gasteiger partial charge in [0.15, 0.2) is 0 Å². The summed E-state index contributed by atoms with van der Waals surface area (Å²) < 4.78 is 8.06. The van der Waals surface area contributed by atoms with Gasteiger partial charge in [0, 0.05) is 12.4 Å². The van der Waals surface area contributed by atoms with Gasteiger partial charge in [-0.15, -0.1) is 0 Å². The number of carbonyl (C=O) groups is 1. The lowest BCUT2D eigenvalue weighted by Crippen LogP contribution is -2.27. The van der Waals surface area contributed by atoms with Crippen molar-refractivity contribution in [1.29, 1.82) is 5.26 Å². The van der Waals surface area contributed by atoms with Crippen LogP contribution in [0.3, 0.4) is 0 Å². The van der Waals surface area contributed by atoms with Gasteiger partial charge >= 0.3 is 5.97 Å². The van der Waals surface area contributed by atoms with E-state index in [1.165, 1.54) is 0 Å². The zero-order valence-electron chi connectivity index (χ0n) is 24.2. The van der Waals surface area contributed by atoms with Gasteiger partial charge in [-0.25, -0.2) is 4.99 Å². The lowest BCUT2D eigenvalue weighted by Gasteiger charge is -2.22. The first kappa shape index (κ1) is 30.0. The molecule has 220 valence electrons. The van der Waals surface area contributed by atoms with E-state index in [0.29, 0.717) is 12.0 Å². The van der Waals surface area contributed by atoms with Gasteiger partial charge in [-0.05, 0) is 58.0 Å². The molecule has 5 rings (SSSR count). The summed E-state index contributed by atoms with van der Waals surface area (Å²) in [5, 5.41) is 29.2. The maximum Gasteiger partial charge on any atom is 0.305 e. The molecule has 0 fully saturated rings. The van der Waals surface area contributed by atoms with Crippen molar-refractivity contribution in [1.82, 2.24) is 4.57 Å². The first-order chi connectivity index (χ1) is 21.5. The number of aliphatic carboxylic acids is 1. The molecule has 0 saturated heterocycles. The molecule has 5 aromatic rings. The first-order valence-corrected chi connectivity index (χ1v) is 14.4. The number of carboxylic acids is 1. The minimum atomic E-state index is -0.989. The number of aliphatic hydroxyl groups is 1. The van der Waals surface area contributed by atoms with Crippen LogP contribution in [0.25, 0.3) is 22.3 Å². The van der Waals surface area contributed by atoms with Gasteiger partial charge in [-0.2, -0.15) is 5.26 Å². The van der Waals surface area contributed by atoms with Gasteiger partial charge in [-0.1, -0.05) is 97.1 Å². The highest BCUT2D eigenvalue weighted by atomic mass is 16.5. The average Bonchev–Trinajstić information content (AvgIpc) is 3.56. The molecule has 7 heteroatoms. The van der Waals surface area contributed by atoms with Crippen molar-refractivity contribution in [3.8, 4) is 28.3 Å². The molecule has 0 bridgehead atoms. The molecule has 0 spiro atoms. The molecule has 1 heterocycles. The fourth-order valence-corrected chi connectivity index (χ4v) is 5.02. The fraction of sp³-hybridized carbons (Fsp3) is 0.162. The van der Waals surface area contributed by atoms with Crippen molar-refractivity contribution < 1.29 is 19.7 Å². The molecule has 2 atom stereocenters. The number of nitriles is 1. The molecule has 2 N–H and O–H groups in total. The van der Waals surface area contributed by atoms with E-state index in [9.17, 15) is 15.0 Å². The third kappa shape index (κ3) is 7.88. The fourth-order valence-electron chi connectivity index (χ4n) is 5.02. The van der Waals surface area contributed by atoms with E-state index >= 15 is 0 Å². The number of carboxylic acid groups (broad SMARTS) is 1. The minimum Gasteiger partial charge on any atom is -0.481 e. The van der Waals surface area contributed by atoms with Crippen molar-refractivity contribution in [2.45, 2.75) is 31.5 Å². The Kier molecular flexibility index (Phi) is 9.98. The Labute approximate surface area is 257 Å². The normalized spacial score (nSPS) is 12.7. The molecule has 44 heavy (non-hydrogen) atoms. The molecule has 0 amide bonds. The second kappa shape index (κ2) is 14.6. The van der Waals surface area contributed by atoms with Crippen LogP contribution >= 0.6 is 0 Å². The van der Waals surface area contributed by atoms with Crippen molar-refractivity contribution in [2.24, 2.45) is 4.99 Å². The number of aliphatic hydroxyl groups excluding tert-OH is 1. The highest BCUT2D eigenvalue weighted by Gasteiger charge is 2.25. The van der Waals surface area contributed by atoms with Crippen LogP contribution in [0.1, 0.15) is 29.2 Å². The van der Waals surface area contributed by atoms with Crippen LogP contribution in [0.5, 0.6) is 0 Å². The molecule has 4 aromatic carbocycles. The van der Waals surface area contributed by atoms with Crippen LogP contribution in [0.4, 0.5) is 0 Å². The molecule has 7 nitrogen and oxygen atoms in total. The second-order valence-electron chi connectivity index (χ2n) is 10.5. The Balaban J connectivity index is 1.44. The van der Waals surface area contributed by atoms with E-state index in [4.69, 9.17) is 15.0 Å². The summed E-state index contributed by atoms with van der Waals surface area (Å²) in [6, 6.07) is 37.7.